The van der Waals surface area contributed by atoms with E-state index in [9.17, 15) is 4.79 Å². The van der Waals surface area contributed by atoms with Gasteiger partial charge in [0.1, 0.15) is 6.04 Å². The highest BCUT2D eigenvalue weighted by atomic mass is 35.5. The van der Waals surface area contributed by atoms with Crippen molar-refractivity contribution < 1.29 is 4.79 Å². The van der Waals surface area contributed by atoms with E-state index in [4.69, 9.17) is 11.6 Å². The molecule has 0 unspecified atom stereocenters. The molecule has 4 aromatic rings. The first-order chi connectivity index (χ1) is 16.0. The van der Waals surface area contributed by atoms with Gasteiger partial charge < -0.3 is 10.6 Å². The second kappa shape index (κ2) is 10.5. The molecule has 1 aromatic heterocycles. The topological polar surface area (TPSA) is 59.0 Å². The van der Waals surface area contributed by atoms with Crippen LogP contribution in [0.2, 0.25) is 5.02 Å². The van der Waals surface area contributed by atoms with Gasteiger partial charge in [-0.3, -0.25) is 9.48 Å². The van der Waals surface area contributed by atoms with Crippen molar-refractivity contribution in [2.45, 2.75) is 18.9 Å². The summed E-state index contributed by atoms with van der Waals surface area (Å²) >= 11 is 6.02. The number of carbonyl (C=O) groups is 1. The van der Waals surface area contributed by atoms with E-state index in [0.717, 1.165) is 27.4 Å². The lowest BCUT2D eigenvalue weighted by Gasteiger charge is -2.22. The number of aromatic nitrogens is 2. The number of benzene rings is 3. The lowest BCUT2D eigenvalue weighted by molar-refractivity contribution is -0.118. The van der Waals surface area contributed by atoms with Gasteiger partial charge >= 0.3 is 0 Å². The van der Waals surface area contributed by atoms with Crippen LogP contribution in [0.15, 0.2) is 91.3 Å². The van der Waals surface area contributed by atoms with Gasteiger partial charge in [-0.25, -0.2) is 0 Å². The molecule has 0 spiro atoms. The van der Waals surface area contributed by atoms with E-state index < -0.39 is 6.04 Å². The van der Waals surface area contributed by atoms with Gasteiger partial charge in [-0.2, -0.15) is 5.10 Å². The Morgan fingerprint density at radius 3 is 2.27 bits per heavy atom. The highest BCUT2D eigenvalue weighted by Crippen LogP contribution is 2.23. The third-order valence-electron chi connectivity index (χ3n) is 5.65. The molecule has 0 aliphatic carbocycles. The molecular formula is C27H27ClN4O. The quantitative estimate of drug-likeness (QED) is 0.350. The van der Waals surface area contributed by atoms with Crippen LogP contribution in [0, 0.1) is 0 Å². The van der Waals surface area contributed by atoms with Crippen LogP contribution in [0.3, 0.4) is 0 Å². The molecule has 4 rings (SSSR count). The van der Waals surface area contributed by atoms with Crippen LogP contribution in [0.1, 0.15) is 30.0 Å². The maximum atomic E-state index is 13.3. The van der Waals surface area contributed by atoms with Crippen molar-refractivity contribution in [1.29, 1.82) is 0 Å². The summed E-state index contributed by atoms with van der Waals surface area (Å²) in [5, 5.41) is 11.4. The van der Waals surface area contributed by atoms with Gasteiger partial charge in [-0.05, 0) is 46.9 Å². The number of aryl methyl sites for hydroxylation is 1. The Hall–Kier alpha value is -3.41. The first kappa shape index (κ1) is 22.8. The van der Waals surface area contributed by atoms with E-state index >= 15 is 0 Å². The second-order valence-electron chi connectivity index (χ2n) is 8.17. The highest BCUT2D eigenvalue weighted by molar-refractivity contribution is 6.30. The molecule has 33 heavy (non-hydrogen) atoms. The molecule has 0 bridgehead atoms. The van der Waals surface area contributed by atoms with E-state index in [-0.39, 0.29) is 11.8 Å². The fraction of sp³-hybridized carbons (Fsp3) is 0.185. The fourth-order valence-corrected chi connectivity index (χ4v) is 3.87. The zero-order valence-electron chi connectivity index (χ0n) is 18.7. The Morgan fingerprint density at radius 1 is 0.939 bits per heavy atom. The number of amides is 1. The van der Waals surface area contributed by atoms with Crippen molar-refractivity contribution in [3.05, 3.63) is 107 Å². The highest BCUT2D eigenvalue weighted by Gasteiger charge is 2.21. The zero-order chi connectivity index (χ0) is 23.2. The van der Waals surface area contributed by atoms with Crippen LogP contribution < -0.4 is 10.6 Å². The number of hydrogen-bond donors (Lipinski definition) is 2. The molecular weight excluding hydrogens is 432 g/mol. The van der Waals surface area contributed by atoms with Crippen molar-refractivity contribution in [2.24, 2.45) is 7.05 Å². The number of rotatable bonds is 8. The standard InChI is InChI=1S/C27H27ClN4O/c1-19(20-8-12-24(28)13-9-20)16-29-26(22-6-4-3-5-7-22)27(33)31-25-14-10-21(11-15-25)23-17-30-32(2)18-23/h3-15,17-19,26,29H,16H2,1-2H3,(H,31,33)/t19-,26-/m1/s1. The van der Waals surface area contributed by atoms with Gasteiger partial charge in [0, 0.05) is 36.1 Å². The summed E-state index contributed by atoms with van der Waals surface area (Å²) in [5.74, 6) is 0.124. The van der Waals surface area contributed by atoms with Gasteiger partial charge in [-0.1, -0.05) is 73.1 Å². The molecule has 0 saturated heterocycles. The van der Waals surface area contributed by atoms with E-state index in [2.05, 4.69) is 22.7 Å². The van der Waals surface area contributed by atoms with Crippen LogP contribution in [-0.4, -0.2) is 22.2 Å². The molecule has 3 aromatic carbocycles. The normalized spacial score (nSPS) is 12.8. The largest absolute Gasteiger partial charge is 0.324 e. The first-order valence-corrected chi connectivity index (χ1v) is 11.3. The van der Waals surface area contributed by atoms with Crippen LogP contribution in [-0.2, 0) is 11.8 Å². The Kier molecular flexibility index (Phi) is 7.23. The summed E-state index contributed by atoms with van der Waals surface area (Å²) in [6.07, 6.45) is 3.79. The summed E-state index contributed by atoms with van der Waals surface area (Å²) in [6.45, 7) is 2.78. The zero-order valence-corrected chi connectivity index (χ0v) is 19.5. The maximum absolute atomic E-state index is 13.3. The van der Waals surface area contributed by atoms with Crippen LogP contribution >= 0.6 is 11.6 Å². The van der Waals surface area contributed by atoms with Gasteiger partial charge in [0.05, 0.1) is 6.20 Å². The predicted molar refractivity (Wildman–Crippen MR) is 134 cm³/mol. The van der Waals surface area contributed by atoms with Crippen molar-refractivity contribution in [3.63, 3.8) is 0 Å². The lowest BCUT2D eigenvalue weighted by atomic mass is 9.99. The monoisotopic (exact) mass is 458 g/mol. The summed E-state index contributed by atoms with van der Waals surface area (Å²) in [6, 6.07) is 24.9. The third-order valence-corrected chi connectivity index (χ3v) is 5.90. The number of anilines is 1. The van der Waals surface area contributed by atoms with Crippen molar-refractivity contribution >= 4 is 23.2 Å². The van der Waals surface area contributed by atoms with E-state index in [1.165, 1.54) is 5.56 Å². The van der Waals surface area contributed by atoms with E-state index in [0.29, 0.717) is 6.54 Å². The molecule has 1 amide bonds. The average molecular weight is 459 g/mol. The Balaban J connectivity index is 1.46. The molecule has 0 aliphatic heterocycles. The number of carbonyl (C=O) groups excluding carboxylic acids is 1. The van der Waals surface area contributed by atoms with E-state index in [1.54, 1.807) is 4.68 Å². The fourth-order valence-electron chi connectivity index (χ4n) is 3.74. The Bertz CT molecular complexity index is 1190. The first-order valence-electron chi connectivity index (χ1n) is 10.9. The number of nitrogens with zero attached hydrogens (tertiary/aromatic N) is 2. The minimum Gasteiger partial charge on any atom is -0.324 e. The minimum absolute atomic E-state index is 0.0985. The number of halogens is 1. The smallest absolute Gasteiger partial charge is 0.246 e. The number of nitrogens with one attached hydrogen (secondary N) is 2. The molecule has 0 saturated carbocycles. The van der Waals surface area contributed by atoms with Crippen LogP contribution in [0.25, 0.3) is 11.1 Å². The molecule has 1 heterocycles. The van der Waals surface area contributed by atoms with Gasteiger partial charge in [0.15, 0.2) is 0 Å². The molecule has 0 aliphatic rings. The summed E-state index contributed by atoms with van der Waals surface area (Å²) in [4.78, 5) is 13.3. The van der Waals surface area contributed by atoms with E-state index in [1.807, 2.05) is 98.3 Å². The Morgan fingerprint density at radius 2 is 1.64 bits per heavy atom. The third kappa shape index (κ3) is 5.89. The van der Waals surface area contributed by atoms with Crippen LogP contribution in [0.5, 0.6) is 0 Å². The number of hydrogen-bond acceptors (Lipinski definition) is 3. The minimum atomic E-state index is -0.473. The molecule has 0 fully saturated rings. The Labute approximate surface area is 199 Å². The van der Waals surface area contributed by atoms with Crippen molar-refractivity contribution in [1.82, 2.24) is 15.1 Å². The summed E-state index contributed by atoms with van der Waals surface area (Å²) < 4.78 is 1.77. The molecule has 6 heteroatoms. The van der Waals surface area contributed by atoms with Gasteiger partial charge in [0.2, 0.25) is 5.91 Å². The second-order valence-corrected chi connectivity index (χ2v) is 8.61. The average Bonchev–Trinajstić information content (AvgIpc) is 3.27. The van der Waals surface area contributed by atoms with Crippen molar-refractivity contribution in [2.75, 3.05) is 11.9 Å². The summed E-state index contributed by atoms with van der Waals surface area (Å²) in [5.41, 5.74) is 4.93. The molecule has 5 nitrogen and oxygen atoms in total. The molecule has 2 atom stereocenters. The van der Waals surface area contributed by atoms with Gasteiger partial charge in [0.25, 0.3) is 0 Å². The lowest BCUT2D eigenvalue weighted by Crippen LogP contribution is -2.35. The molecule has 168 valence electrons. The predicted octanol–water partition coefficient (Wildman–Crippen LogP) is 5.81. The summed E-state index contributed by atoms with van der Waals surface area (Å²) in [7, 11) is 1.89. The maximum Gasteiger partial charge on any atom is 0.246 e. The van der Waals surface area contributed by atoms with Crippen molar-refractivity contribution in [3.8, 4) is 11.1 Å². The van der Waals surface area contributed by atoms with Gasteiger partial charge in [-0.15, -0.1) is 0 Å². The SMILES string of the molecule is C[C@H](CN[C@@H](C(=O)Nc1ccc(-c2cnn(C)c2)cc1)c1ccccc1)c1ccc(Cl)cc1. The molecule has 0 radical (unpaired) electrons. The van der Waals surface area contributed by atoms with Crippen LogP contribution in [0.4, 0.5) is 5.69 Å². The molecule has 2 N–H and O–H groups in total.